The van der Waals surface area contributed by atoms with Crippen molar-refractivity contribution >= 4 is 5.91 Å². The van der Waals surface area contributed by atoms with Gasteiger partial charge < -0.3 is 4.90 Å². The van der Waals surface area contributed by atoms with E-state index in [1.165, 1.54) is 0 Å². The Morgan fingerprint density at radius 1 is 1.22 bits per heavy atom. The molecule has 0 radical (unpaired) electrons. The average Bonchev–Trinajstić information content (AvgIpc) is 2.33. The Morgan fingerprint density at radius 3 is 2.33 bits per heavy atom. The molecule has 0 atom stereocenters. The number of carbonyl (C=O) groups is 1. The van der Waals surface area contributed by atoms with E-state index < -0.39 is 12.7 Å². The molecule has 1 fully saturated rings. The standard InChI is InChI=1S/C13H22F3NO/c1-2-3-9-17(10-13(14,15)16)12(18)11-7-5-4-6-8-11/h11H,2-10H2,1H3. The van der Waals surface area contributed by atoms with Gasteiger partial charge in [-0.05, 0) is 19.3 Å². The van der Waals surface area contributed by atoms with Crippen LogP contribution in [0.2, 0.25) is 0 Å². The van der Waals surface area contributed by atoms with Gasteiger partial charge in [0.25, 0.3) is 0 Å². The highest BCUT2D eigenvalue weighted by atomic mass is 19.4. The maximum atomic E-state index is 12.5. The lowest BCUT2D eigenvalue weighted by Gasteiger charge is -2.30. The number of halogens is 3. The van der Waals surface area contributed by atoms with E-state index in [-0.39, 0.29) is 18.4 Å². The molecule has 1 rings (SSSR count). The summed E-state index contributed by atoms with van der Waals surface area (Å²) in [5, 5.41) is 0. The first-order valence-electron chi connectivity index (χ1n) is 6.79. The molecule has 0 aliphatic heterocycles. The Kier molecular flexibility index (Phi) is 5.96. The summed E-state index contributed by atoms with van der Waals surface area (Å²) in [6, 6.07) is 0. The minimum atomic E-state index is -4.29. The molecule has 0 aromatic carbocycles. The number of hydrogen-bond acceptors (Lipinski definition) is 1. The van der Waals surface area contributed by atoms with Gasteiger partial charge in [0.05, 0.1) is 0 Å². The molecule has 1 aliphatic rings. The number of alkyl halides is 3. The molecule has 0 heterocycles. The van der Waals surface area contributed by atoms with E-state index in [4.69, 9.17) is 0 Å². The Morgan fingerprint density at radius 2 is 1.83 bits per heavy atom. The fourth-order valence-electron chi connectivity index (χ4n) is 2.44. The molecule has 0 unspecified atom stereocenters. The van der Waals surface area contributed by atoms with Crippen molar-refractivity contribution in [3.05, 3.63) is 0 Å². The average molecular weight is 265 g/mol. The fraction of sp³-hybridized carbons (Fsp3) is 0.923. The molecule has 0 N–H and O–H groups in total. The zero-order chi connectivity index (χ0) is 13.6. The number of nitrogens with zero attached hydrogens (tertiary/aromatic N) is 1. The van der Waals surface area contributed by atoms with Gasteiger partial charge in [0.2, 0.25) is 5.91 Å². The molecule has 1 amide bonds. The van der Waals surface area contributed by atoms with Crippen LogP contribution in [0.5, 0.6) is 0 Å². The minimum absolute atomic E-state index is 0.182. The molecular weight excluding hydrogens is 243 g/mol. The molecule has 5 heteroatoms. The summed E-state index contributed by atoms with van der Waals surface area (Å²) in [6.07, 6.45) is 1.66. The second kappa shape index (κ2) is 7.00. The van der Waals surface area contributed by atoms with Gasteiger partial charge >= 0.3 is 6.18 Å². The molecule has 106 valence electrons. The zero-order valence-electron chi connectivity index (χ0n) is 10.9. The highest BCUT2D eigenvalue weighted by molar-refractivity contribution is 5.79. The second-order valence-electron chi connectivity index (χ2n) is 5.06. The highest BCUT2D eigenvalue weighted by Crippen LogP contribution is 2.27. The lowest BCUT2D eigenvalue weighted by atomic mass is 9.88. The molecule has 1 aliphatic carbocycles. The van der Waals surface area contributed by atoms with Crippen LogP contribution >= 0.6 is 0 Å². The molecule has 0 aromatic rings. The van der Waals surface area contributed by atoms with Crippen molar-refractivity contribution < 1.29 is 18.0 Å². The van der Waals surface area contributed by atoms with Crippen LogP contribution < -0.4 is 0 Å². The van der Waals surface area contributed by atoms with E-state index in [9.17, 15) is 18.0 Å². The highest BCUT2D eigenvalue weighted by Gasteiger charge is 2.35. The molecule has 18 heavy (non-hydrogen) atoms. The molecule has 0 aromatic heterocycles. The lowest BCUT2D eigenvalue weighted by Crippen LogP contribution is -2.43. The van der Waals surface area contributed by atoms with Gasteiger partial charge in [0.15, 0.2) is 0 Å². The van der Waals surface area contributed by atoms with Crippen LogP contribution in [-0.4, -0.2) is 30.1 Å². The van der Waals surface area contributed by atoms with Gasteiger partial charge in [0, 0.05) is 12.5 Å². The van der Waals surface area contributed by atoms with E-state index in [1.807, 2.05) is 6.92 Å². The van der Waals surface area contributed by atoms with Gasteiger partial charge in [0.1, 0.15) is 6.54 Å². The quantitative estimate of drug-likeness (QED) is 0.741. The molecule has 0 saturated heterocycles. The van der Waals surface area contributed by atoms with Crippen LogP contribution in [0, 0.1) is 5.92 Å². The summed E-state index contributed by atoms with van der Waals surface area (Å²) in [5.74, 6) is -0.474. The first-order chi connectivity index (χ1) is 8.44. The maximum Gasteiger partial charge on any atom is 0.406 e. The third kappa shape index (κ3) is 5.27. The van der Waals surface area contributed by atoms with E-state index in [0.29, 0.717) is 6.42 Å². The van der Waals surface area contributed by atoms with E-state index in [0.717, 1.165) is 43.4 Å². The van der Waals surface area contributed by atoms with Crippen molar-refractivity contribution in [1.82, 2.24) is 4.90 Å². The van der Waals surface area contributed by atoms with Crippen molar-refractivity contribution in [2.24, 2.45) is 5.92 Å². The van der Waals surface area contributed by atoms with Crippen molar-refractivity contribution in [1.29, 1.82) is 0 Å². The van der Waals surface area contributed by atoms with Gasteiger partial charge in [-0.3, -0.25) is 4.79 Å². The van der Waals surface area contributed by atoms with E-state index in [1.54, 1.807) is 0 Å². The third-order valence-electron chi connectivity index (χ3n) is 3.42. The first-order valence-corrected chi connectivity index (χ1v) is 6.79. The monoisotopic (exact) mass is 265 g/mol. The number of unbranched alkanes of at least 4 members (excludes halogenated alkanes) is 1. The van der Waals surface area contributed by atoms with Gasteiger partial charge in [-0.25, -0.2) is 0 Å². The number of hydrogen-bond donors (Lipinski definition) is 0. The van der Waals surface area contributed by atoms with Crippen molar-refractivity contribution in [2.45, 2.75) is 58.0 Å². The number of amides is 1. The Balaban J connectivity index is 2.59. The van der Waals surface area contributed by atoms with Gasteiger partial charge in [-0.2, -0.15) is 13.2 Å². The van der Waals surface area contributed by atoms with E-state index in [2.05, 4.69) is 0 Å². The lowest BCUT2D eigenvalue weighted by molar-refractivity contribution is -0.164. The summed E-state index contributed by atoms with van der Waals surface area (Å²) in [7, 11) is 0. The van der Waals surface area contributed by atoms with Crippen LogP contribution in [0.15, 0.2) is 0 Å². The van der Waals surface area contributed by atoms with Crippen LogP contribution in [0.4, 0.5) is 13.2 Å². The molecule has 0 bridgehead atoms. The molecular formula is C13H22F3NO. The summed E-state index contributed by atoms with van der Waals surface area (Å²) in [6.45, 7) is 1.05. The predicted molar refractivity (Wildman–Crippen MR) is 64.1 cm³/mol. The molecule has 1 saturated carbocycles. The third-order valence-corrected chi connectivity index (χ3v) is 3.42. The normalized spacial score (nSPS) is 17.8. The summed E-state index contributed by atoms with van der Waals surface area (Å²) < 4.78 is 37.4. The van der Waals surface area contributed by atoms with Crippen molar-refractivity contribution in [3.63, 3.8) is 0 Å². The largest absolute Gasteiger partial charge is 0.406 e. The van der Waals surface area contributed by atoms with Gasteiger partial charge in [-0.15, -0.1) is 0 Å². The van der Waals surface area contributed by atoms with E-state index >= 15 is 0 Å². The van der Waals surface area contributed by atoms with Crippen LogP contribution in [0.3, 0.4) is 0 Å². The number of carbonyl (C=O) groups excluding carboxylic acids is 1. The SMILES string of the molecule is CCCCN(CC(F)(F)F)C(=O)C1CCCCC1. The van der Waals surface area contributed by atoms with Crippen molar-refractivity contribution in [3.8, 4) is 0 Å². The first kappa shape index (κ1) is 15.3. The summed E-state index contributed by atoms with van der Waals surface area (Å²) in [4.78, 5) is 13.1. The van der Waals surface area contributed by atoms with Crippen molar-refractivity contribution in [2.75, 3.05) is 13.1 Å². The topological polar surface area (TPSA) is 20.3 Å². The molecule has 2 nitrogen and oxygen atoms in total. The van der Waals surface area contributed by atoms with Crippen LogP contribution in [0.25, 0.3) is 0 Å². The maximum absolute atomic E-state index is 12.5. The van der Waals surface area contributed by atoms with Gasteiger partial charge in [-0.1, -0.05) is 32.6 Å². The Hall–Kier alpha value is -0.740. The second-order valence-corrected chi connectivity index (χ2v) is 5.06. The summed E-state index contributed by atoms with van der Waals surface area (Å²) >= 11 is 0. The Labute approximate surface area is 107 Å². The fourth-order valence-corrected chi connectivity index (χ4v) is 2.44. The zero-order valence-corrected chi connectivity index (χ0v) is 10.9. The minimum Gasteiger partial charge on any atom is -0.333 e. The Bertz CT molecular complexity index is 259. The summed E-state index contributed by atoms with van der Waals surface area (Å²) in [5.41, 5.74) is 0. The molecule has 0 spiro atoms. The number of rotatable bonds is 5. The predicted octanol–water partition coefficient (Wildman–Crippen LogP) is 3.76. The smallest absolute Gasteiger partial charge is 0.333 e. The van der Waals surface area contributed by atoms with Crippen LogP contribution in [0.1, 0.15) is 51.9 Å². The van der Waals surface area contributed by atoms with Crippen LogP contribution in [-0.2, 0) is 4.79 Å².